The molecule has 0 saturated heterocycles. The van der Waals surface area contributed by atoms with E-state index in [1.54, 1.807) is 12.1 Å². The highest BCUT2D eigenvalue weighted by atomic mass is 35.5. The summed E-state index contributed by atoms with van der Waals surface area (Å²) in [6.45, 7) is 0.609. The Balaban J connectivity index is 1.80. The van der Waals surface area contributed by atoms with Crippen LogP contribution in [-0.4, -0.2) is 23.9 Å². The first-order valence-corrected chi connectivity index (χ1v) is 8.72. The highest BCUT2D eigenvalue weighted by Gasteiger charge is 2.30. The summed E-state index contributed by atoms with van der Waals surface area (Å²) in [6, 6.07) is 9.78. The Morgan fingerprint density at radius 2 is 2.04 bits per heavy atom. The van der Waals surface area contributed by atoms with Crippen LogP contribution in [0.25, 0.3) is 0 Å². The third kappa shape index (κ3) is 4.31. The molecule has 1 saturated carbocycles. The van der Waals surface area contributed by atoms with E-state index in [1.807, 2.05) is 24.1 Å². The molecule has 0 spiro atoms. The van der Waals surface area contributed by atoms with Gasteiger partial charge in [-0.3, -0.25) is 9.69 Å². The van der Waals surface area contributed by atoms with Gasteiger partial charge in [-0.05, 0) is 49.7 Å². The number of halogens is 2. The van der Waals surface area contributed by atoms with E-state index in [1.165, 1.54) is 23.5 Å². The molecule has 3 rings (SSSR count). The van der Waals surface area contributed by atoms with Crippen LogP contribution in [0.2, 0.25) is 4.34 Å². The van der Waals surface area contributed by atoms with Crippen molar-refractivity contribution < 1.29 is 9.18 Å². The molecular weight excluding hydrogens is 335 g/mol. The highest BCUT2D eigenvalue weighted by Crippen LogP contribution is 2.28. The summed E-state index contributed by atoms with van der Waals surface area (Å²) in [7, 11) is 1.90. The van der Waals surface area contributed by atoms with Crippen LogP contribution >= 0.6 is 22.9 Å². The summed E-state index contributed by atoms with van der Waals surface area (Å²) in [6.07, 6.45) is 2.07. The molecule has 1 heterocycles. The van der Waals surface area contributed by atoms with E-state index in [2.05, 4.69) is 5.32 Å². The van der Waals surface area contributed by atoms with Crippen LogP contribution in [-0.2, 0) is 11.3 Å². The summed E-state index contributed by atoms with van der Waals surface area (Å²) in [5, 5.41) is 3.04. The Bertz CT molecular complexity index is 684. The van der Waals surface area contributed by atoms with Gasteiger partial charge in [0.1, 0.15) is 11.9 Å². The van der Waals surface area contributed by atoms with Crippen molar-refractivity contribution in [3.05, 3.63) is 57.0 Å². The Morgan fingerprint density at radius 3 is 2.61 bits per heavy atom. The third-order valence-electron chi connectivity index (χ3n) is 3.83. The molecule has 6 heteroatoms. The SMILES string of the molecule is CN(Cc1ccc(Cl)s1)[C@H](C(=O)NC1CC1)c1ccc(F)cc1. The van der Waals surface area contributed by atoms with Crippen molar-refractivity contribution in [2.75, 3.05) is 7.05 Å². The normalized spacial score (nSPS) is 15.7. The maximum absolute atomic E-state index is 13.2. The Kier molecular flexibility index (Phi) is 4.99. The largest absolute Gasteiger partial charge is 0.352 e. The molecule has 0 aliphatic heterocycles. The third-order valence-corrected chi connectivity index (χ3v) is 5.05. The standard InChI is InChI=1S/C17H18ClFN2OS/c1-21(10-14-8-9-15(18)23-14)16(17(22)20-13-6-7-13)11-2-4-12(19)5-3-11/h2-5,8-9,13,16H,6-7,10H2,1H3,(H,20,22)/t16-/m0/s1. The van der Waals surface area contributed by atoms with Crippen LogP contribution in [0, 0.1) is 5.82 Å². The molecule has 1 atom stereocenters. The van der Waals surface area contributed by atoms with E-state index in [-0.39, 0.29) is 17.8 Å². The molecule has 3 nitrogen and oxygen atoms in total. The molecule has 1 N–H and O–H groups in total. The van der Waals surface area contributed by atoms with Crippen LogP contribution in [0.15, 0.2) is 36.4 Å². The number of thiophene rings is 1. The second kappa shape index (κ2) is 6.99. The van der Waals surface area contributed by atoms with Crippen molar-refractivity contribution in [1.82, 2.24) is 10.2 Å². The molecule has 1 aliphatic rings. The van der Waals surface area contributed by atoms with Crippen molar-refractivity contribution in [3.63, 3.8) is 0 Å². The van der Waals surface area contributed by atoms with Crippen molar-refractivity contribution in [2.24, 2.45) is 0 Å². The molecule has 1 aromatic heterocycles. The highest BCUT2D eigenvalue weighted by molar-refractivity contribution is 7.16. The van der Waals surface area contributed by atoms with E-state index in [9.17, 15) is 9.18 Å². The smallest absolute Gasteiger partial charge is 0.242 e. The molecule has 1 fully saturated rings. The second-order valence-electron chi connectivity index (χ2n) is 5.86. The minimum absolute atomic E-state index is 0.0377. The lowest BCUT2D eigenvalue weighted by atomic mass is 10.0. The summed E-state index contributed by atoms with van der Waals surface area (Å²) >= 11 is 7.48. The first-order valence-electron chi connectivity index (χ1n) is 7.53. The van der Waals surface area contributed by atoms with Gasteiger partial charge in [0.2, 0.25) is 5.91 Å². The van der Waals surface area contributed by atoms with Crippen molar-refractivity contribution >= 4 is 28.8 Å². The van der Waals surface area contributed by atoms with Crippen LogP contribution < -0.4 is 5.32 Å². The van der Waals surface area contributed by atoms with Gasteiger partial charge in [0, 0.05) is 17.5 Å². The van der Waals surface area contributed by atoms with E-state index in [0.717, 1.165) is 27.6 Å². The van der Waals surface area contributed by atoms with Gasteiger partial charge in [0.15, 0.2) is 0 Å². The zero-order chi connectivity index (χ0) is 16.4. The van der Waals surface area contributed by atoms with Gasteiger partial charge in [-0.2, -0.15) is 0 Å². The summed E-state index contributed by atoms with van der Waals surface area (Å²) < 4.78 is 13.9. The molecule has 1 aliphatic carbocycles. The van der Waals surface area contributed by atoms with Gasteiger partial charge in [-0.25, -0.2) is 4.39 Å². The van der Waals surface area contributed by atoms with Crippen molar-refractivity contribution in [1.29, 1.82) is 0 Å². The average Bonchev–Trinajstić information content (AvgIpc) is 3.22. The van der Waals surface area contributed by atoms with Crippen molar-refractivity contribution in [3.8, 4) is 0 Å². The number of amides is 1. The topological polar surface area (TPSA) is 32.3 Å². The predicted octanol–water partition coefficient (Wildman–Crippen LogP) is 3.99. The van der Waals surface area contributed by atoms with Gasteiger partial charge >= 0.3 is 0 Å². The van der Waals surface area contributed by atoms with E-state index < -0.39 is 6.04 Å². The van der Waals surface area contributed by atoms with Gasteiger partial charge in [-0.1, -0.05) is 23.7 Å². The second-order valence-corrected chi connectivity index (χ2v) is 7.66. The maximum Gasteiger partial charge on any atom is 0.242 e. The number of nitrogens with zero attached hydrogens (tertiary/aromatic N) is 1. The van der Waals surface area contributed by atoms with Crippen LogP contribution in [0.1, 0.15) is 29.3 Å². The first-order chi connectivity index (χ1) is 11.0. The lowest BCUT2D eigenvalue weighted by Crippen LogP contribution is -2.39. The molecule has 0 bridgehead atoms. The Morgan fingerprint density at radius 1 is 1.35 bits per heavy atom. The number of benzene rings is 1. The lowest BCUT2D eigenvalue weighted by molar-refractivity contribution is -0.126. The average molecular weight is 353 g/mol. The first kappa shape index (κ1) is 16.4. The minimum atomic E-state index is -0.447. The Hall–Kier alpha value is -1.43. The number of hydrogen-bond donors (Lipinski definition) is 1. The number of hydrogen-bond acceptors (Lipinski definition) is 3. The number of carbonyl (C=O) groups excluding carboxylic acids is 1. The predicted molar refractivity (Wildman–Crippen MR) is 91.1 cm³/mol. The van der Waals surface area contributed by atoms with Crippen molar-refractivity contribution in [2.45, 2.75) is 31.5 Å². The molecule has 2 aromatic rings. The van der Waals surface area contributed by atoms with Crippen LogP contribution in [0.4, 0.5) is 4.39 Å². The van der Waals surface area contributed by atoms with Gasteiger partial charge < -0.3 is 5.32 Å². The molecule has 0 radical (unpaired) electrons. The Labute approximate surface area is 144 Å². The zero-order valence-electron chi connectivity index (χ0n) is 12.8. The van der Waals surface area contributed by atoms with E-state index >= 15 is 0 Å². The van der Waals surface area contributed by atoms with E-state index in [0.29, 0.717) is 6.54 Å². The number of carbonyl (C=O) groups is 1. The molecule has 0 unspecified atom stereocenters. The summed E-state index contributed by atoms with van der Waals surface area (Å²) in [4.78, 5) is 15.7. The zero-order valence-corrected chi connectivity index (χ0v) is 14.3. The number of likely N-dealkylation sites (N-methyl/N-ethyl adjacent to an activating group) is 1. The molecule has 122 valence electrons. The van der Waals surface area contributed by atoms with Gasteiger partial charge in [-0.15, -0.1) is 11.3 Å². The maximum atomic E-state index is 13.2. The quantitative estimate of drug-likeness (QED) is 0.852. The van der Waals surface area contributed by atoms with Crippen LogP contribution in [0.5, 0.6) is 0 Å². The van der Waals surface area contributed by atoms with Gasteiger partial charge in [0.25, 0.3) is 0 Å². The molecular formula is C17H18ClFN2OS. The lowest BCUT2D eigenvalue weighted by Gasteiger charge is -2.27. The summed E-state index contributed by atoms with van der Waals surface area (Å²) in [5.74, 6) is -0.341. The molecule has 23 heavy (non-hydrogen) atoms. The molecule has 1 amide bonds. The fourth-order valence-electron chi connectivity index (χ4n) is 2.53. The molecule has 1 aromatic carbocycles. The summed E-state index contributed by atoms with van der Waals surface area (Å²) in [5.41, 5.74) is 0.787. The minimum Gasteiger partial charge on any atom is -0.352 e. The number of rotatable bonds is 6. The van der Waals surface area contributed by atoms with E-state index in [4.69, 9.17) is 11.6 Å². The fourth-order valence-corrected chi connectivity index (χ4v) is 3.68. The monoisotopic (exact) mass is 352 g/mol. The fraction of sp³-hybridized carbons (Fsp3) is 0.353. The van der Waals surface area contributed by atoms with Gasteiger partial charge in [0.05, 0.1) is 4.34 Å². The van der Waals surface area contributed by atoms with Crippen LogP contribution in [0.3, 0.4) is 0 Å². The number of nitrogens with one attached hydrogen (secondary N) is 1.